The fourth-order valence-electron chi connectivity index (χ4n) is 3.70. The number of carbonyl (C=O) groups excluding carboxylic acids is 2. The molecule has 1 aliphatic heterocycles. The van der Waals surface area contributed by atoms with Gasteiger partial charge in [-0.3, -0.25) is 14.6 Å². The Morgan fingerprint density at radius 1 is 1.22 bits per heavy atom. The van der Waals surface area contributed by atoms with Crippen LogP contribution < -0.4 is 15.4 Å². The predicted molar refractivity (Wildman–Crippen MR) is 123 cm³/mol. The van der Waals surface area contributed by atoms with Crippen LogP contribution in [0.3, 0.4) is 0 Å². The molecule has 0 spiro atoms. The number of hydrogen-bond donors (Lipinski definition) is 2. The monoisotopic (exact) mass is 451 g/mol. The van der Waals surface area contributed by atoms with Crippen LogP contribution in [0.4, 0.5) is 10.8 Å². The molecule has 0 aliphatic carbocycles. The molecule has 1 fully saturated rings. The Morgan fingerprint density at radius 2 is 2.09 bits per heavy atom. The van der Waals surface area contributed by atoms with Gasteiger partial charge >= 0.3 is 0 Å². The third-order valence-corrected chi connectivity index (χ3v) is 6.09. The average Bonchev–Trinajstić information content (AvgIpc) is 3.31. The molecule has 1 unspecified atom stereocenters. The summed E-state index contributed by atoms with van der Waals surface area (Å²) >= 11 is 1.34. The number of nitrogens with one attached hydrogen (secondary N) is 2. The highest BCUT2D eigenvalue weighted by Gasteiger charge is 2.33. The van der Waals surface area contributed by atoms with Crippen molar-refractivity contribution >= 4 is 34.0 Å². The van der Waals surface area contributed by atoms with E-state index in [1.165, 1.54) is 11.3 Å². The molecule has 1 aromatic carbocycles. The third-order valence-electron chi connectivity index (χ3n) is 5.33. The number of amides is 2. The first-order valence-corrected chi connectivity index (χ1v) is 11.4. The van der Waals surface area contributed by atoms with Gasteiger partial charge in [0.15, 0.2) is 5.13 Å². The summed E-state index contributed by atoms with van der Waals surface area (Å²) in [4.78, 5) is 36.2. The molecule has 2 N–H and O–H groups in total. The molecule has 1 aliphatic rings. The van der Waals surface area contributed by atoms with Crippen molar-refractivity contribution in [2.75, 3.05) is 19.0 Å². The molecule has 2 aromatic heterocycles. The van der Waals surface area contributed by atoms with Gasteiger partial charge in [0.05, 0.1) is 12.8 Å². The molecule has 1 saturated heterocycles. The Bertz CT molecular complexity index is 1070. The summed E-state index contributed by atoms with van der Waals surface area (Å²) in [5, 5.41) is 8.45. The van der Waals surface area contributed by atoms with Crippen LogP contribution in [0.5, 0.6) is 5.75 Å². The maximum Gasteiger partial charge on any atom is 0.274 e. The molecule has 4 rings (SSSR count). The van der Waals surface area contributed by atoms with Crippen LogP contribution in [-0.4, -0.2) is 46.4 Å². The molecule has 1 atom stereocenters. The van der Waals surface area contributed by atoms with E-state index >= 15 is 0 Å². The van der Waals surface area contributed by atoms with E-state index in [-0.39, 0.29) is 11.8 Å². The summed E-state index contributed by atoms with van der Waals surface area (Å²) < 4.78 is 5.35. The van der Waals surface area contributed by atoms with E-state index in [0.29, 0.717) is 36.1 Å². The Hall–Kier alpha value is -3.46. The van der Waals surface area contributed by atoms with Crippen LogP contribution in [0.15, 0.2) is 54.2 Å². The number of nitrogens with zero attached hydrogens (tertiary/aromatic N) is 3. The quantitative estimate of drug-likeness (QED) is 0.570. The summed E-state index contributed by atoms with van der Waals surface area (Å²) in [7, 11) is 1.60. The molecule has 9 heteroatoms. The first-order valence-electron chi connectivity index (χ1n) is 10.5. The molecule has 0 bridgehead atoms. The summed E-state index contributed by atoms with van der Waals surface area (Å²) in [6.45, 7) is 0.922. The van der Waals surface area contributed by atoms with Crippen molar-refractivity contribution in [2.24, 2.45) is 0 Å². The normalized spacial score (nSPS) is 15.8. The largest absolute Gasteiger partial charge is 0.495 e. The first kappa shape index (κ1) is 21.8. The number of piperidine rings is 1. The van der Waals surface area contributed by atoms with Crippen molar-refractivity contribution in [3.05, 3.63) is 65.4 Å². The maximum atomic E-state index is 13.2. The second-order valence-corrected chi connectivity index (χ2v) is 8.31. The van der Waals surface area contributed by atoms with Crippen molar-refractivity contribution in [1.29, 1.82) is 0 Å². The SMILES string of the molecule is COc1ccccc1Nc1nc(C(=O)N2CCCCC2C(=O)NCc2cccnc2)cs1. The van der Waals surface area contributed by atoms with Gasteiger partial charge in [0, 0.05) is 30.9 Å². The number of likely N-dealkylation sites (tertiary alicyclic amines) is 1. The van der Waals surface area contributed by atoms with Gasteiger partial charge in [-0.1, -0.05) is 18.2 Å². The fourth-order valence-corrected chi connectivity index (χ4v) is 4.39. The topological polar surface area (TPSA) is 96.5 Å². The molecule has 8 nitrogen and oxygen atoms in total. The van der Waals surface area contributed by atoms with E-state index in [9.17, 15) is 9.59 Å². The number of pyridine rings is 1. The first-order chi connectivity index (χ1) is 15.7. The number of methoxy groups -OCH3 is 1. The smallest absolute Gasteiger partial charge is 0.274 e. The number of benzene rings is 1. The van der Waals surface area contributed by atoms with Crippen molar-refractivity contribution in [2.45, 2.75) is 31.8 Å². The van der Waals surface area contributed by atoms with Crippen molar-refractivity contribution in [1.82, 2.24) is 20.2 Å². The van der Waals surface area contributed by atoms with E-state index < -0.39 is 6.04 Å². The highest BCUT2D eigenvalue weighted by molar-refractivity contribution is 7.14. The number of aromatic nitrogens is 2. The van der Waals surface area contributed by atoms with E-state index in [0.717, 1.165) is 24.1 Å². The lowest BCUT2D eigenvalue weighted by atomic mass is 10.0. The van der Waals surface area contributed by atoms with Crippen molar-refractivity contribution in [3.8, 4) is 5.75 Å². The molecule has 0 saturated carbocycles. The lowest BCUT2D eigenvalue weighted by Crippen LogP contribution is -2.51. The number of hydrogen-bond acceptors (Lipinski definition) is 7. The van der Waals surface area contributed by atoms with Crippen LogP contribution in [-0.2, 0) is 11.3 Å². The second-order valence-electron chi connectivity index (χ2n) is 7.45. The average molecular weight is 452 g/mol. The predicted octanol–water partition coefficient (Wildman–Crippen LogP) is 3.60. The van der Waals surface area contributed by atoms with E-state index in [4.69, 9.17) is 4.74 Å². The summed E-state index contributed by atoms with van der Waals surface area (Å²) in [6.07, 6.45) is 5.83. The Morgan fingerprint density at radius 3 is 2.91 bits per heavy atom. The molecule has 3 aromatic rings. The van der Waals surface area contributed by atoms with Gasteiger partial charge in [0.2, 0.25) is 5.91 Å². The minimum atomic E-state index is -0.500. The second kappa shape index (κ2) is 10.2. The number of ether oxygens (including phenoxy) is 1. The van der Waals surface area contributed by atoms with Crippen molar-refractivity contribution < 1.29 is 14.3 Å². The van der Waals surface area contributed by atoms with Gasteiger partial charge in [-0.2, -0.15) is 0 Å². The van der Waals surface area contributed by atoms with Gasteiger partial charge in [-0.25, -0.2) is 4.98 Å². The molecule has 3 heterocycles. The van der Waals surface area contributed by atoms with Gasteiger partial charge < -0.3 is 20.3 Å². The molecule has 0 radical (unpaired) electrons. The van der Waals surface area contributed by atoms with Gasteiger partial charge in [0.1, 0.15) is 17.5 Å². The fraction of sp³-hybridized carbons (Fsp3) is 0.304. The molecule has 166 valence electrons. The van der Waals surface area contributed by atoms with Crippen LogP contribution in [0.25, 0.3) is 0 Å². The zero-order valence-corrected chi connectivity index (χ0v) is 18.6. The van der Waals surface area contributed by atoms with Crippen LogP contribution in [0.2, 0.25) is 0 Å². The molecule has 32 heavy (non-hydrogen) atoms. The lowest BCUT2D eigenvalue weighted by molar-refractivity contribution is -0.126. The van der Waals surface area contributed by atoms with Crippen LogP contribution >= 0.6 is 11.3 Å². The Labute approximate surface area is 190 Å². The standard InChI is InChI=1S/C23H25N5O3S/c1-31-20-10-3-2-8-17(20)26-23-27-18(15-32-23)22(30)28-12-5-4-9-19(28)21(29)25-14-16-7-6-11-24-13-16/h2-3,6-8,10-11,13,15,19H,4-5,9,12,14H2,1H3,(H,25,29)(H,26,27). The third kappa shape index (κ3) is 5.05. The Kier molecular flexibility index (Phi) is 6.96. The molecular formula is C23H25N5O3S. The number of rotatable bonds is 7. The minimum Gasteiger partial charge on any atom is -0.495 e. The lowest BCUT2D eigenvalue weighted by Gasteiger charge is -2.34. The Balaban J connectivity index is 1.43. The van der Waals surface area contributed by atoms with E-state index in [1.807, 2.05) is 36.4 Å². The number of carbonyl (C=O) groups is 2. The molecular weight excluding hydrogens is 426 g/mol. The van der Waals surface area contributed by atoms with Crippen LogP contribution in [0.1, 0.15) is 35.3 Å². The highest BCUT2D eigenvalue weighted by atomic mass is 32.1. The van der Waals surface area contributed by atoms with Gasteiger partial charge in [-0.15, -0.1) is 11.3 Å². The minimum absolute atomic E-state index is 0.149. The van der Waals surface area contributed by atoms with E-state index in [2.05, 4.69) is 20.6 Å². The molecule has 2 amide bonds. The van der Waals surface area contributed by atoms with Crippen molar-refractivity contribution in [3.63, 3.8) is 0 Å². The van der Waals surface area contributed by atoms with E-state index in [1.54, 1.807) is 29.8 Å². The summed E-state index contributed by atoms with van der Waals surface area (Å²) in [5.41, 5.74) is 2.02. The zero-order chi connectivity index (χ0) is 22.3. The summed E-state index contributed by atoms with van der Waals surface area (Å²) in [5.74, 6) is 0.317. The maximum absolute atomic E-state index is 13.2. The summed E-state index contributed by atoms with van der Waals surface area (Å²) in [6, 6.07) is 10.8. The number of thiazole rings is 1. The highest BCUT2D eigenvalue weighted by Crippen LogP contribution is 2.29. The van der Waals surface area contributed by atoms with Gasteiger partial charge in [0.25, 0.3) is 5.91 Å². The van der Waals surface area contributed by atoms with Crippen LogP contribution in [0, 0.1) is 0 Å². The van der Waals surface area contributed by atoms with Gasteiger partial charge in [-0.05, 0) is 43.0 Å². The number of anilines is 2. The zero-order valence-electron chi connectivity index (χ0n) is 17.8. The number of para-hydroxylation sites is 2.